The van der Waals surface area contributed by atoms with Crippen LogP contribution in [0.1, 0.15) is 20.3 Å². The Balaban J connectivity index is 2.41. The molecule has 0 spiro atoms. The van der Waals surface area contributed by atoms with Gasteiger partial charge in [-0.25, -0.2) is 24.0 Å². The van der Waals surface area contributed by atoms with Crippen molar-refractivity contribution in [3.63, 3.8) is 0 Å². The third-order valence-corrected chi connectivity index (χ3v) is 4.03. The van der Waals surface area contributed by atoms with Crippen LogP contribution in [0.25, 0.3) is 0 Å². The van der Waals surface area contributed by atoms with Gasteiger partial charge in [-0.1, -0.05) is 13.8 Å². The third kappa shape index (κ3) is 5.83. The fourth-order valence-corrected chi connectivity index (χ4v) is 2.44. The maximum Gasteiger partial charge on any atom is 0.240 e. The van der Waals surface area contributed by atoms with Crippen LogP contribution in [-0.4, -0.2) is 33.2 Å². The topological polar surface area (TPSA) is 106 Å². The zero-order valence-electron chi connectivity index (χ0n) is 11.8. The molecule has 114 valence electrons. The summed E-state index contributed by atoms with van der Waals surface area (Å²) in [5.74, 6) is 6.06. The number of anilines is 1. The van der Waals surface area contributed by atoms with Crippen LogP contribution in [0.4, 0.5) is 5.82 Å². The summed E-state index contributed by atoms with van der Waals surface area (Å²) < 4.78 is 31.8. The average molecular weight is 302 g/mol. The molecular weight excluding hydrogens is 280 g/mol. The molecule has 0 bridgehead atoms. The van der Waals surface area contributed by atoms with Gasteiger partial charge in [0.25, 0.3) is 0 Å². The van der Waals surface area contributed by atoms with E-state index >= 15 is 0 Å². The first-order chi connectivity index (χ1) is 9.45. The van der Waals surface area contributed by atoms with E-state index in [1.807, 2.05) is 0 Å². The van der Waals surface area contributed by atoms with E-state index < -0.39 is 10.0 Å². The van der Waals surface area contributed by atoms with Crippen molar-refractivity contribution in [2.24, 2.45) is 11.8 Å². The lowest BCUT2D eigenvalue weighted by Crippen LogP contribution is -2.28. The van der Waals surface area contributed by atoms with Crippen molar-refractivity contribution in [2.45, 2.75) is 25.2 Å². The van der Waals surface area contributed by atoms with Crippen LogP contribution in [0.5, 0.6) is 0 Å². The largest absolute Gasteiger partial charge is 0.380 e. The number of hydrogen-bond donors (Lipinski definition) is 3. The second kappa shape index (κ2) is 8.15. The molecule has 0 amide bonds. The highest BCUT2D eigenvalue weighted by atomic mass is 32.2. The van der Waals surface area contributed by atoms with Crippen LogP contribution < -0.4 is 16.0 Å². The monoisotopic (exact) mass is 302 g/mol. The summed E-state index contributed by atoms with van der Waals surface area (Å²) in [4.78, 5) is 3.97. The molecule has 0 radical (unpaired) electrons. The van der Waals surface area contributed by atoms with Gasteiger partial charge in [-0.3, -0.25) is 0 Å². The van der Waals surface area contributed by atoms with E-state index in [0.717, 1.165) is 6.42 Å². The second-order valence-electron chi connectivity index (χ2n) is 4.71. The molecule has 8 heteroatoms. The summed E-state index contributed by atoms with van der Waals surface area (Å²) in [7, 11) is -3.56. The normalized spacial score (nSPS) is 11.8. The molecule has 0 unspecified atom stereocenters. The predicted octanol–water partition coefficient (Wildman–Crippen LogP) is 0.708. The molecule has 7 nitrogen and oxygen atoms in total. The van der Waals surface area contributed by atoms with Crippen LogP contribution >= 0.6 is 0 Å². The molecule has 20 heavy (non-hydrogen) atoms. The Labute approximate surface area is 119 Å². The lowest BCUT2D eigenvalue weighted by Gasteiger charge is -2.09. The van der Waals surface area contributed by atoms with E-state index in [2.05, 4.69) is 29.0 Å². The van der Waals surface area contributed by atoms with Crippen molar-refractivity contribution in [1.29, 1.82) is 0 Å². The van der Waals surface area contributed by atoms with Crippen LogP contribution in [0.3, 0.4) is 0 Å². The Morgan fingerprint density at radius 2 is 2.15 bits per heavy atom. The predicted molar refractivity (Wildman–Crippen MR) is 77.5 cm³/mol. The molecule has 0 aliphatic rings. The molecule has 1 rings (SSSR count). The fourth-order valence-electron chi connectivity index (χ4n) is 1.41. The zero-order valence-corrected chi connectivity index (χ0v) is 12.6. The van der Waals surface area contributed by atoms with Crippen molar-refractivity contribution < 1.29 is 13.2 Å². The van der Waals surface area contributed by atoms with Gasteiger partial charge in [-0.05, 0) is 18.4 Å². The number of hydrogen-bond acceptors (Lipinski definition) is 6. The minimum atomic E-state index is -3.56. The number of nitrogens with one attached hydrogen (secondary N) is 2. The first-order valence-corrected chi connectivity index (χ1v) is 7.94. The van der Waals surface area contributed by atoms with Crippen molar-refractivity contribution in [2.75, 3.05) is 25.2 Å². The standard InChI is InChI=1S/C12H22N4O3S/c1-10(2)4-7-19-8-6-15-20(17,18)11-3-5-14-12(9-11)16-13/h3,5,9-10,15H,4,6-8,13H2,1-2H3,(H,14,16). The highest BCUT2D eigenvalue weighted by molar-refractivity contribution is 7.89. The van der Waals surface area contributed by atoms with Crippen LogP contribution in [0.2, 0.25) is 0 Å². The molecule has 0 fully saturated rings. The number of pyridine rings is 1. The number of aromatic nitrogens is 1. The van der Waals surface area contributed by atoms with Crippen molar-refractivity contribution in [3.05, 3.63) is 18.3 Å². The van der Waals surface area contributed by atoms with Crippen molar-refractivity contribution in [1.82, 2.24) is 9.71 Å². The Hall–Kier alpha value is -1.22. The van der Waals surface area contributed by atoms with Crippen LogP contribution in [-0.2, 0) is 14.8 Å². The van der Waals surface area contributed by atoms with Crippen molar-refractivity contribution >= 4 is 15.8 Å². The van der Waals surface area contributed by atoms with Gasteiger partial charge in [0.2, 0.25) is 10.0 Å². The van der Waals surface area contributed by atoms with Gasteiger partial charge in [0.05, 0.1) is 11.5 Å². The van der Waals surface area contributed by atoms with Crippen LogP contribution in [0.15, 0.2) is 23.2 Å². The van der Waals surface area contributed by atoms with Gasteiger partial charge in [0.1, 0.15) is 5.82 Å². The summed E-state index contributed by atoms with van der Waals surface area (Å²) in [6.45, 7) is 5.43. The minimum Gasteiger partial charge on any atom is -0.380 e. The quantitative estimate of drug-likeness (QED) is 0.352. The maximum atomic E-state index is 12.0. The smallest absolute Gasteiger partial charge is 0.240 e. The van der Waals surface area contributed by atoms with Gasteiger partial charge < -0.3 is 10.2 Å². The number of hydrazine groups is 1. The number of nitrogens with zero attached hydrogens (tertiary/aromatic N) is 1. The molecule has 0 aliphatic carbocycles. The van der Waals surface area contributed by atoms with Crippen molar-refractivity contribution in [3.8, 4) is 0 Å². The molecule has 0 saturated carbocycles. The van der Waals surface area contributed by atoms with Gasteiger partial charge in [0, 0.05) is 25.4 Å². The Morgan fingerprint density at radius 1 is 1.40 bits per heavy atom. The minimum absolute atomic E-state index is 0.114. The van der Waals surface area contributed by atoms with Crippen LogP contribution in [0, 0.1) is 5.92 Å². The summed E-state index contributed by atoms with van der Waals surface area (Å²) >= 11 is 0. The van der Waals surface area contributed by atoms with E-state index in [0.29, 0.717) is 24.9 Å². The molecule has 0 aromatic carbocycles. The van der Waals surface area contributed by atoms with Gasteiger partial charge in [0.15, 0.2) is 0 Å². The SMILES string of the molecule is CC(C)CCOCCNS(=O)(=O)c1ccnc(NN)c1. The second-order valence-corrected chi connectivity index (χ2v) is 6.48. The van der Waals surface area contributed by atoms with Gasteiger partial charge in [-0.2, -0.15) is 0 Å². The molecule has 0 saturated heterocycles. The molecule has 4 N–H and O–H groups in total. The first-order valence-electron chi connectivity index (χ1n) is 6.46. The fraction of sp³-hybridized carbons (Fsp3) is 0.583. The summed E-state index contributed by atoms with van der Waals surface area (Å²) in [6, 6.07) is 2.77. The number of sulfonamides is 1. The first kappa shape index (κ1) is 16.8. The molecule has 1 aromatic rings. The summed E-state index contributed by atoms with van der Waals surface area (Å²) in [5.41, 5.74) is 2.31. The Morgan fingerprint density at radius 3 is 2.80 bits per heavy atom. The maximum absolute atomic E-state index is 12.0. The highest BCUT2D eigenvalue weighted by Gasteiger charge is 2.13. The average Bonchev–Trinajstić information content (AvgIpc) is 2.42. The van der Waals surface area contributed by atoms with E-state index in [4.69, 9.17) is 10.6 Å². The Bertz CT molecular complexity index is 505. The lowest BCUT2D eigenvalue weighted by molar-refractivity contribution is 0.128. The number of ether oxygens (including phenoxy) is 1. The van der Waals surface area contributed by atoms with E-state index in [1.54, 1.807) is 0 Å². The molecule has 1 heterocycles. The number of nitrogens with two attached hydrogens (primary N) is 1. The highest BCUT2D eigenvalue weighted by Crippen LogP contribution is 2.11. The molecule has 0 aliphatic heterocycles. The van der Waals surface area contributed by atoms with E-state index in [1.165, 1.54) is 18.3 Å². The molecular formula is C12H22N4O3S. The number of rotatable bonds is 9. The van der Waals surface area contributed by atoms with E-state index in [-0.39, 0.29) is 11.4 Å². The third-order valence-electron chi connectivity index (χ3n) is 2.57. The zero-order chi connectivity index (χ0) is 15.0. The molecule has 0 atom stereocenters. The Kier molecular flexibility index (Phi) is 6.86. The number of nitrogen functional groups attached to an aromatic ring is 1. The van der Waals surface area contributed by atoms with Gasteiger partial charge >= 0.3 is 0 Å². The summed E-state index contributed by atoms with van der Waals surface area (Å²) in [5, 5.41) is 0. The lowest BCUT2D eigenvalue weighted by atomic mass is 10.1. The van der Waals surface area contributed by atoms with Gasteiger partial charge in [-0.15, -0.1) is 0 Å². The van der Waals surface area contributed by atoms with E-state index in [9.17, 15) is 8.42 Å². The summed E-state index contributed by atoms with van der Waals surface area (Å²) in [6.07, 6.45) is 2.34. The molecule has 1 aromatic heterocycles.